The van der Waals surface area contributed by atoms with Crippen LogP contribution < -0.4 is 20.7 Å². The number of likely N-dealkylation sites (tertiary alicyclic amines) is 1. The van der Waals surface area contributed by atoms with Crippen LogP contribution in [0.4, 0.5) is 0 Å². The summed E-state index contributed by atoms with van der Waals surface area (Å²) in [6.07, 6.45) is 1.53. The first-order valence-corrected chi connectivity index (χ1v) is 21.0. The second-order valence-electron chi connectivity index (χ2n) is 15.4. The van der Waals surface area contributed by atoms with Gasteiger partial charge in [0, 0.05) is 34.2 Å². The second-order valence-corrected chi connectivity index (χ2v) is 17.3. The van der Waals surface area contributed by atoms with Crippen molar-refractivity contribution in [3.05, 3.63) is 35.9 Å². The lowest BCUT2D eigenvalue weighted by Gasteiger charge is -2.40. The molecule has 1 aliphatic heterocycles. The third-order valence-corrected chi connectivity index (χ3v) is 12.8. The van der Waals surface area contributed by atoms with Gasteiger partial charge in [-0.1, -0.05) is 71.4 Å². The number of carbonyl (C=O) groups excluding carboxylic acids is 5. The van der Waals surface area contributed by atoms with Crippen LogP contribution in [0, 0.1) is 17.8 Å². The largest absolute Gasteiger partial charge is 0.379 e. The monoisotopic (exact) mass is 792 g/mol. The van der Waals surface area contributed by atoms with E-state index in [1.54, 1.807) is 55.1 Å². The molecule has 1 saturated carbocycles. The molecule has 0 radical (unpaired) electrons. The first-order chi connectivity index (χ1) is 26.0. The first kappa shape index (κ1) is 45.8. The van der Waals surface area contributed by atoms with Crippen molar-refractivity contribution in [2.45, 2.75) is 121 Å². The number of amides is 5. The van der Waals surface area contributed by atoms with Crippen LogP contribution in [0.5, 0.6) is 0 Å². The van der Waals surface area contributed by atoms with E-state index in [9.17, 15) is 32.4 Å². The summed E-state index contributed by atoms with van der Waals surface area (Å²) >= 11 is 0. The lowest BCUT2D eigenvalue weighted by atomic mass is 9.89. The molecule has 8 atom stereocenters. The zero-order valence-electron chi connectivity index (χ0n) is 34.0. The molecule has 3 rings (SSSR count). The van der Waals surface area contributed by atoms with Crippen LogP contribution in [0.1, 0.15) is 78.7 Å². The minimum Gasteiger partial charge on any atom is -0.379 e. The molecule has 1 aromatic rings. The van der Waals surface area contributed by atoms with Crippen LogP contribution in [0.3, 0.4) is 0 Å². The summed E-state index contributed by atoms with van der Waals surface area (Å²) < 4.78 is 39.3. The summed E-state index contributed by atoms with van der Waals surface area (Å²) in [4.78, 5) is 71.1. The van der Waals surface area contributed by atoms with E-state index < -0.39 is 69.4 Å². The molecule has 2 fully saturated rings. The number of hydrogen-bond donors (Lipinski definition) is 4. The Morgan fingerprint density at radius 3 is 2.15 bits per heavy atom. The Morgan fingerprint density at radius 1 is 0.945 bits per heavy atom. The van der Waals surface area contributed by atoms with Gasteiger partial charge in [-0.15, -0.1) is 0 Å². The van der Waals surface area contributed by atoms with Gasteiger partial charge in [0.25, 0.3) is 5.91 Å². The van der Waals surface area contributed by atoms with E-state index in [-0.39, 0.29) is 48.9 Å². The van der Waals surface area contributed by atoms with Crippen molar-refractivity contribution in [2.24, 2.45) is 17.8 Å². The van der Waals surface area contributed by atoms with Gasteiger partial charge in [-0.25, -0.2) is 8.42 Å². The number of sulfonamides is 1. The van der Waals surface area contributed by atoms with E-state index in [4.69, 9.17) is 9.47 Å². The van der Waals surface area contributed by atoms with Crippen molar-refractivity contribution >= 4 is 39.6 Å². The van der Waals surface area contributed by atoms with Crippen molar-refractivity contribution in [2.75, 3.05) is 41.4 Å². The van der Waals surface area contributed by atoms with Gasteiger partial charge in [0.15, 0.2) is 0 Å². The normalized spacial score (nSPS) is 19.7. The number of methoxy groups -OCH3 is 2. The summed E-state index contributed by atoms with van der Waals surface area (Å²) in [7, 11) is 2.48. The lowest BCUT2D eigenvalue weighted by Crippen LogP contribution is -2.58. The molecular weight excluding hydrogens is 729 g/mol. The zero-order chi connectivity index (χ0) is 41.0. The molecule has 55 heavy (non-hydrogen) atoms. The Balaban J connectivity index is 1.79. The van der Waals surface area contributed by atoms with Gasteiger partial charge in [-0.2, -0.15) is 0 Å². The van der Waals surface area contributed by atoms with Crippen LogP contribution in [-0.4, -0.2) is 131 Å². The van der Waals surface area contributed by atoms with Crippen molar-refractivity contribution in [3.63, 3.8) is 0 Å². The highest BCUT2D eigenvalue weighted by molar-refractivity contribution is 7.90. The third kappa shape index (κ3) is 12.4. The molecular formula is C39H64N6O9S. The number of nitrogens with zero attached hydrogens (tertiary/aromatic N) is 2. The van der Waals surface area contributed by atoms with E-state index in [2.05, 4.69) is 20.7 Å². The van der Waals surface area contributed by atoms with Crippen LogP contribution in [0.15, 0.2) is 30.3 Å². The highest BCUT2D eigenvalue weighted by atomic mass is 32.2. The number of ether oxygens (including phenoxy) is 2. The summed E-state index contributed by atoms with van der Waals surface area (Å²) in [5.74, 6) is -3.19. The summed E-state index contributed by atoms with van der Waals surface area (Å²) in [6.45, 7) is 9.91. The fraction of sp³-hybridized carbons (Fsp3) is 0.718. The van der Waals surface area contributed by atoms with E-state index >= 15 is 0 Å². The maximum atomic E-state index is 14.2. The van der Waals surface area contributed by atoms with Crippen molar-refractivity contribution in [1.82, 2.24) is 30.5 Å². The molecule has 0 bridgehead atoms. The molecule has 5 amide bonds. The lowest BCUT2D eigenvalue weighted by molar-refractivity contribution is -0.147. The van der Waals surface area contributed by atoms with Crippen LogP contribution in [0.25, 0.3) is 0 Å². The topological polar surface area (TPSA) is 193 Å². The van der Waals surface area contributed by atoms with Crippen molar-refractivity contribution in [3.8, 4) is 0 Å². The second kappa shape index (κ2) is 21.1. The van der Waals surface area contributed by atoms with Gasteiger partial charge in [-0.3, -0.25) is 28.7 Å². The van der Waals surface area contributed by atoms with Crippen LogP contribution >= 0.6 is 0 Å². The number of hydrogen-bond acceptors (Lipinski definition) is 10. The van der Waals surface area contributed by atoms with E-state index in [0.717, 1.165) is 5.56 Å². The summed E-state index contributed by atoms with van der Waals surface area (Å²) in [5, 5.41) is 7.81. The Bertz CT molecular complexity index is 1560. The smallest absolute Gasteiger partial charge is 0.256 e. The molecule has 15 nitrogen and oxygen atoms in total. The summed E-state index contributed by atoms with van der Waals surface area (Å²) in [6, 6.07) is 6.10. The Labute approximate surface area is 327 Å². The Morgan fingerprint density at radius 2 is 1.60 bits per heavy atom. The van der Waals surface area contributed by atoms with Gasteiger partial charge in [0.05, 0.1) is 48.4 Å². The molecule has 0 aromatic heterocycles. The highest BCUT2D eigenvalue weighted by Crippen LogP contribution is 2.30. The van der Waals surface area contributed by atoms with Crippen LogP contribution in [0.2, 0.25) is 0 Å². The molecule has 1 aromatic carbocycles. The maximum absolute atomic E-state index is 14.2. The van der Waals surface area contributed by atoms with E-state index in [0.29, 0.717) is 38.6 Å². The Hall–Kier alpha value is -3.60. The number of likely N-dealkylation sites (N-methyl/N-ethyl adjacent to an activating group) is 2. The zero-order valence-corrected chi connectivity index (χ0v) is 34.8. The number of rotatable bonds is 22. The maximum Gasteiger partial charge on any atom is 0.256 e. The highest BCUT2D eigenvalue weighted by Gasteiger charge is 2.44. The van der Waals surface area contributed by atoms with Gasteiger partial charge in [0.2, 0.25) is 33.7 Å². The predicted octanol–water partition coefficient (Wildman–Crippen LogP) is 1.60. The minimum absolute atomic E-state index is 0.0378. The molecule has 1 heterocycles. The number of carbonyl (C=O) groups is 5. The minimum atomic E-state index is -3.85. The number of nitrogens with one attached hydrogen (secondary N) is 4. The number of benzene rings is 1. The van der Waals surface area contributed by atoms with Gasteiger partial charge in [0.1, 0.15) is 12.1 Å². The predicted molar refractivity (Wildman–Crippen MR) is 209 cm³/mol. The molecule has 0 unspecified atom stereocenters. The van der Waals surface area contributed by atoms with Crippen molar-refractivity contribution < 1.29 is 41.9 Å². The fourth-order valence-corrected chi connectivity index (χ4v) is 8.81. The first-order valence-electron chi connectivity index (χ1n) is 19.5. The molecule has 310 valence electrons. The summed E-state index contributed by atoms with van der Waals surface area (Å²) in [5.41, 5.74) is 0.740. The molecule has 0 spiro atoms. The average molecular weight is 793 g/mol. The third-order valence-electron chi connectivity index (χ3n) is 11.0. The molecule has 4 N–H and O–H groups in total. The Kier molecular flexibility index (Phi) is 17.5. The van der Waals surface area contributed by atoms with E-state index in [1.807, 2.05) is 33.8 Å². The quantitative estimate of drug-likeness (QED) is 0.134. The molecule has 1 saturated heterocycles. The van der Waals surface area contributed by atoms with Crippen molar-refractivity contribution in [1.29, 1.82) is 0 Å². The molecule has 16 heteroatoms. The fourth-order valence-electron chi connectivity index (χ4n) is 7.46. The van der Waals surface area contributed by atoms with E-state index in [1.165, 1.54) is 14.2 Å². The van der Waals surface area contributed by atoms with Crippen LogP contribution in [-0.2, 0) is 49.9 Å². The molecule has 1 aliphatic carbocycles. The molecule has 2 aliphatic rings. The van der Waals surface area contributed by atoms with Gasteiger partial charge >= 0.3 is 0 Å². The van der Waals surface area contributed by atoms with Gasteiger partial charge in [-0.05, 0) is 50.1 Å². The van der Waals surface area contributed by atoms with Gasteiger partial charge < -0.3 is 35.2 Å². The average Bonchev–Trinajstić information content (AvgIpc) is 3.92. The SMILES string of the molecule is CC[C@H](C)[C@@H]([C@@H](CC(=O)N1CCC[C@H]1[C@H](OC)[C@@H](C)C(=O)N[C@@H](Cc1ccccc1)C(=O)NS(=O)(=O)C1CC1)OC)N(C)C(=O)[C@@H](NC(=O)CNC)C(C)C. The standard InChI is InChI=1S/C39H64N6O9S/c1-10-25(4)35(44(7)39(50)34(24(2)3)42-32(46)23-40-6)31(53-8)22-33(47)45-20-14-17-30(45)36(54-9)26(5)37(48)41-29(21-27-15-12-11-13-16-27)38(49)43-55(51,52)28-18-19-28/h11-13,15-16,24-26,28-31,34-36,40H,10,14,17-23H2,1-9H3,(H,41,48)(H,42,46)(H,43,49)/t25-,26+,29-,30-,31+,34-,35-,36+/m0/s1.